The van der Waals surface area contributed by atoms with Crippen molar-refractivity contribution in [3.8, 4) is 0 Å². The lowest BCUT2D eigenvalue weighted by Crippen LogP contribution is -2.13. The van der Waals surface area contributed by atoms with Crippen LogP contribution in [-0.4, -0.2) is 35.7 Å². The molecular weight excluding hydrogens is 312 g/mol. The van der Waals surface area contributed by atoms with Crippen LogP contribution in [0, 0.1) is 13.8 Å². The first kappa shape index (κ1) is 16.0. The number of fused-ring (bicyclic) bond motifs is 1. The Labute approximate surface area is 138 Å². The van der Waals surface area contributed by atoms with Crippen molar-refractivity contribution in [1.82, 2.24) is 29.7 Å². The number of hydrogen-bond donors (Lipinski definition) is 0. The molecule has 0 fully saturated rings. The van der Waals surface area contributed by atoms with Gasteiger partial charge in [0.1, 0.15) is 0 Å². The van der Waals surface area contributed by atoms with Gasteiger partial charge in [-0.3, -0.25) is 0 Å². The minimum absolute atomic E-state index is 0.0632. The number of aryl methyl sites for hydroxylation is 2. The van der Waals surface area contributed by atoms with Crippen molar-refractivity contribution in [1.29, 1.82) is 0 Å². The first-order valence-corrected chi connectivity index (χ1v) is 7.45. The van der Waals surface area contributed by atoms with E-state index in [9.17, 15) is 4.79 Å². The van der Waals surface area contributed by atoms with Crippen molar-refractivity contribution < 1.29 is 14.1 Å². The summed E-state index contributed by atoms with van der Waals surface area (Å²) in [6, 6.07) is 1.85. The van der Waals surface area contributed by atoms with E-state index in [1.165, 1.54) is 4.52 Å². The quantitative estimate of drug-likeness (QED) is 0.669. The second kappa shape index (κ2) is 5.66. The molecule has 0 saturated heterocycles. The van der Waals surface area contributed by atoms with Crippen LogP contribution in [0.5, 0.6) is 0 Å². The number of esters is 1. The van der Waals surface area contributed by atoms with Crippen molar-refractivity contribution in [3.63, 3.8) is 0 Å². The molecule has 24 heavy (non-hydrogen) atoms. The molecule has 0 bridgehead atoms. The maximum atomic E-state index is 12.1. The van der Waals surface area contributed by atoms with Gasteiger partial charge in [0, 0.05) is 16.8 Å². The predicted molar refractivity (Wildman–Crippen MR) is 82.4 cm³/mol. The Morgan fingerprint density at radius 1 is 1.25 bits per heavy atom. The number of rotatable bonds is 3. The summed E-state index contributed by atoms with van der Waals surface area (Å²) < 4.78 is 11.7. The molecule has 0 amide bonds. The molecule has 0 saturated carbocycles. The second-order valence-corrected chi connectivity index (χ2v) is 6.52. The third-order valence-corrected chi connectivity index (χ3v) is 3.27. The molecular formula is C15H18N6O3. The van der Waals surface area contributed by atoms with Crippen LogP contribution in [0.1, 0.15) is 54.5 Å². The standard InChI is InChI=1S/C15H18N6O3/c1-8-6-9(2)21-14(16-8)18-11(19-21)12(22)23-7-10-17-13(20-24-10)15(3,4)5/h6H,7H2,1-5H3. The van der Waals surface area contributed by atoms with Crippen LogP contribution in [0.3, 0.4) is 0 Å². The van der Waals surface area contributed by atoms with Crippen LogP contribution in [0.4, 0.5) is 0 Å². The van der Waals surface area contributed by atoms with E-state index in [2.05, 4.69) is 25.2 Å². The highest BCUT2D eigenvalue weighted by Gasteiger charge is 2.22. The predicted octanol–water partition coefficient (Wildman–Crippen LogP) is 1.78. The van der Waals surface area contributed by atoms with Crippen molar-refractivity contribution in [3.05, 3.63) is 35.0 Å². The second-order valence-electron chi connectivity index (χ2n) is 6.52. The number of hydrogen-bond acceptors (Lipinski definition) is 8. The molecule has 0 spiro atoms. The van der Waals surface area contributed by atoms with Gasteiger partial charge in [0.05, 0.1) is 0 Å². The third-order valence-electron chi connectivity index (χ3n) is 3.27. The molecule has 0 aliphatic carbocycles. The molecule has 9 heteroatoms. The van der Waals surface area contributed by atoms with E-state index < -0.39 is 5.97 Å². The molecule has 3 aromatic heterocycles. The van der Waals surface area contributed by atoms with Gasteiger partial charge in [-0.15, -0.1) is 5.10 Å². The number of carbonyl (C=O) groups excluding carboxylic acids is 1. The fraction of sp³-hybridized carbons (Fsp3) is 0.467. The monoisotopic (exact) mass is 330 g/mol. The Balaban J connectivity index is 1.73. The van der Waals surface area contributed by atoms with Crippen molar-refractivity contribution in [2.24, 2.45) is 0 Å². The molecule has 0 unspecified atom stereocenters. The van der Waals surface area contributed by atoms with Crippen LogP contribution in [0.25, 0.3) is 5.78 Å². The van der Waals surface area contributed by atoms with Crippen molar-refractivity contribution in [2.45, 2.75) is 46.6 Å². The Bertz CT molecular complexity index is 906. The van der Waals surface area contributed by atoms with Crippen LogP contribution in [0.15, 0.2) is 10.6 Å². The molecule has 3 heterocycles. The maximum absolute atomic E-state index is 12.1. The molecule has 0 aromatic carbocycles. The Hall–Kier alpha value is -2.84. The van der Waals surface area contributed by atoms with E-state index in [1.807, 2.05) is 40.7 Å². The normalized spacial score (nSPS) is 11.9. The van der Waals surface area contributed by atoms with Gasteiger partial charge >= 0.3 is 5.97 Å². The van der Waals surface area contributed by atoms with Gasteiger partial charge in [0.2, 0.25) is 0 Å². The van der Waals surface area contributed by atoms with E-state index >= 15 is 0 Å². The Morgan fingerprint density at radius 3 is 2.67 bits per heavy atom. The number of ether oxygens (including phenoxy) is 1. The average Bonchev–Trinajstić information content (AvgIpc) is 3.10. The molecule has 9 nitrogen and oxygen atoms in total. The van der Waals surface area contributed by atoms with Gasteiger partial charge in [-0.1, -0.05) is 25.9 Å². The van der Waals surface area contributed by atoms with Crippen molar-refractivity contribution in [2.75, 3.05) is 0 Å². The molecule has 0 aliphatic rings. The minimum Gasteiger partial charge on any atom is -0.450 e. The molecule has 0 N–H and O–H groups in total. The fourth-order valence-corrected chi connectivity index (χ4v) is 2.06. The zero-order valence-electron chi connectivity index (χ0n) is 14.2. The van der Waals surface area contributed by atoms with Gasteiger partial charge in [0.25, 0.3) is 17.5 Å². The first-order chi connectivity index (χ1) is 11.2. The summed E-state index contributed by atoms with van der Waals surface area (Å²) in [6.07, 6.45) is 0. The van der Waals surface area contributed by atoms with Gasteiger partial charge in [-0.05, 0) is 19.9 Å². The Kier molecular flexibility index (Phi) is 3.78. The van der Waals surface area contributed by atoms with Crippen LogP contribution in [-0.2, 0) is 16.8 Å². The van der Waals surface area contributed by atoms with E-state index in [-0.39, 0.29) is 23.7 Å². The van der Waals surface area contributed by atoms with E-state index in [0.717, 1.165) is 11.4 Å². The lowest BCUT2D eigenvalue weighted by molar-refractivity contribution is 0.0415. The summed E-state index contributed by atoms with van der Waals surface area (Å²) in [4.78, 5) is 24.6. The minimum atomic E-state index is -0.673. The topological polar surface area (TPSA) is 108 Å². The average molecular weight is 330 g/mol. The summed E-state index contributed by atoms with van der Waals surface area (Å²) in [6.45, 7) is 9.46. The van der Waals surface area contributed by atoms with Crippen LogP contribution < -0.4 is 0 Å². The van der Waals surface area contributed by atoms with Crippen LogP contribution >= 0.6 is 0 Å². The van der Waals surface area contributed by atoms with Gasteiger partial charge in [-0.25, -0.2) is 14.3 Å². The molecule has 0 atom stereocenters. The molecule has 3 aromatic rings. The van der Waals surface area contributed by atoms with Gasteiger partial charge in [-0.2, -0.15) is 9.97 Å². The summed E-state index contributed by atoms with van der Waals surface area (Å²) in [7, 11) is 0. The SMILES string of the molecule is Cc1cc(C)n2nc(C(=O)OCc3nc(C(C)(C)C)no3)nc2n1. The number of carbonyl (C=O) groups is 1. The lowest BCUT2D eigenvalue weighted by Gasteiger charge is -2.10. The molecule has 126 valence electrons. The number of aromatic nitrogens is 6. The first-order valence-electron chi connectivity index (χ1n) is 7.45. The highest BCUT2D eigenvalue weighted by Crippen LogP contribution is 2.18. The lowest BCUT2D eigenvalue weighted by atomic mass is 9.96. The zero-order valence-corrected chi connectivity index (χ0v) is 14.2. The molecule has 0 aliphatic heterocycles. The zero-order chi connectivity index (χ0) is 17.5. The van der Waals surface area contributed by atoms with Gasteiger partial charge < -0.3 is 9.26 Å². The summed E-state index contributed by atoms with van der Waals surface area (Å²) in [5.74, 6) is 0.393. The largest absolute Gasteiger partial charge is 0.450 e. The summed E-state index contributed by atoms with van der Waals surface area (Å²) in [5.41, 5.74) is 1.39. The maximum Gasteiger partial charge on any atom is 0.378 e. The highest BCUT2D eigenvalue weighted by molar-refractivity contribution is 5.85. The van der Waals surface area contributed by atoms with Crippen molar-refractivity contribution >= 4 is 11.7 Å². The summed E-state index contributed by atoms with van der Waals surface area (Å²) in [5, 5.41) is 7.98. The molecule has 0 radical (unpaired) electrons. The number of nitrogens with zero attached hydrogens (tertiary/aromatic N) is 6. The Morgan fingerprint density at radius 2 is 2.00 bits per heavy atom. The van der Waals surface area contributed by atoms with Gasteiger partial charge in [0.15, 0.2) is 12.4 Å². The molecule has 3 rings (SSSR count). The third kappa shape index (κ3) is 3.10. The summed E-state index contributed by atoms with van der Waals surface area (Å²) >= 11 is 0. The highest BCUT2D eigenvalue weighted by atomic mass is 16.6. The van der Waals surface area contributed by atoms with E-state index in [4.69, 9.17) is 9.26 Å². The van der Waals surface area contributed by atoms with E-state index in [1.54, 1.807) is 0 Å². The van der Waals surface area contributed by atoms with E-state index in [0.29, 0.717) is 11.6 Å². The smallest absolute Gasteiger partial charge is 0.378 e. The van der Waals surface area contributed by atoms with Crippen LogP contribution in [0.2, 0.25) is 0 Å². The fourth-order valence-electron chi connectivity index (χ4n) is 2.06.